The highest BCUT2D eigenvalue weighted by molar-refractivity contribution is 5.92. The molecule has 0 bridgehead atoms. The second-order valence-electron chi connectivity index (χ2n) is 15.3. The molecular formula is C37H52N2. The number of anilines is 1. The Hall–Kier alpha value is -2.87. The number of rotatable bonds is 6. The van der Waals surface area contributed by atoms with Gasteiger partial charge in [-0.2, -0.15) is 0 Å². The van der Waals surface area contributed by atoms with Crippen LogP contribution in [0.1, 0.15) is 111 Å². The van der Waals surface area contributed by atoms with Gasteiger partial charge in [-0.15, -0.1) is 0 Å². The third kappa shape index (κ3) is 8.82. The predicted octanol–water partition coefficient (Wildman–Crippen LogP) is 10.3. The molecule has 0 amide bonds. The van der Waals surface area contributed by atoms with E-state index in [1.807, 2.05) is 0 Å². The van der Waals surface area contributed by atoms with Gasteiger partial charge in [-0.3, -0.25) is 4.99 Å². The first-order valence-corrected chi connectivity index (χ1v) is 14.5. The Morgan fingerprint density at radius 1 is 0.564 bits per heavy atom. The lowest BCUT2D eigenvalue weighted by Gasteiger charge is -2.26. The zero-order valence-corrected chi connectivity index (χ0v) is 26.7. The maximum absolute atomic E-state index is 5.31. The Kier molecular flexibility index (Phi) is 8.90. The summed E-state index contributed by atoms with van der Waals surface area (Å²) in [7, 11) is 0. The lowest BCUT2D eigenvalue weighted by molar-refractivity contribution is 0.568. The molecule has 39 heavy (non-hydrogen) atoms. The lowest BCUT2D eigenvalue weighted by Crippen LogP contribution is -2.20. The molecule has 0 heterocycles. The molecule has 0 aromatic heterocycles. The molecule has 0 saturated heterocycles. The molecule has 2 nitrogen and oxygen atoms in total. The molecule has 0 aliphatic heterocycles. The van der Waals surface area contributed by atoms with Crippen LogP contribution < -0.4 is 5.32 Å². The molecule has 3 rings (SSSR count). The minimum absolute atomic E-state index is 0.0557. The highest BCUT2D eigenvalue weighted by Gasteiger charge is 2.22. The molecule has 0 atom stereocenters. The number of hydrogen-bond acceptors (Lipinski definition) is 2. The molecule has 0 unspecified atom stereocenters. The standard InChI is InChI=1S/C37H52N2/c1-34(2,3)27-19-28(35(4,5)6)22-31(21-27)38-25-33(18-26-16-14-13-15-17-26)39-32-23-29(36(7,8)9)20-30(24-32)37(10,11)12/h13-17,19-24,38H,18,25H2,1-12H3. The Balaban J connectivity index is 2.06. The van der Waals surface area contributed by atoms with E-state index in [0.29, 0.717) is 6.54 Å². The first-order valence-electron chi connectivity index (χ1n) is 14.5. The second kappa shape index (κ2) is 11.3. The van der Waals surface area contributed by atoms with Gasteiger partial charge in [0.1, 0.15) is 0 Å². The van der Waals surface area contributed by atoms with Crippen molar-refractivity contribution in [1.82, 2.24) is 0 Å². The van der Waals surface area contributed by atoms with Gasteiger partial charge in [0, 0.05) is 17.8 Å². The van der Waals surface area contributed by atoms with Gasteiger partial charge in [-0.1, -0.05) is 126 Å². The van der Waals surface area contributed by atoms with Crippen LogP contribution in [0, 0.1) is 0 Å². The zero-order valence-electron chi connectivity index (χ0n) is 26.7. The fraction of sp³-hybridized carbons (Fsp3) is 0.486. The molecule has 1 N–H and O–H groups in total. The molecule has 0 saturated carbocycles. The number of nitrogens with one attached hydrogen (secondary N) is 1. The van der Waals surface area contributed by atoms with Crippen molar-refractivity contribution in [3.05, 3.63) is 94.5 Å². The van der Waals surface area contributed by atoms with Gasteiger partial charge in [-0.05, 0) is 73.7 Å². The summed E-state index contributed by atoms with van der Waals surface area (Å²) < 4.78 is 0. The Labute approximate surface area is 239 Å². The summed E-state index contributed by atoms with van der Waals surface area (Å²) in [4.78, 5) is 5.31. The van der Waals surface area contributed by atoms with Crippen LogP contribution in [-0.2, 0) is 28.1 Å². The predicted molar refractivity (Wildman–Crippen MR) is 173 cm³/mol. The summed E-state index contributed by atoms with van der Waals surface area (Å²) in [6, 6.07) is 24.6. The first-order chi connectivity index (χ1) is 17.8. The molecule has 0 aliphatic carbocycles. The van der Waals surface area contributed by atoms with Crippen molar-refractivity contribution < 1.29 is 0 Å². The quantitative estimate of drug-likeness (QED) is 0.319. The van der Waals surface area contributed by atoms with Crippen molar-refractivity contribution in [1.29, 1.82) is 0 Å². The third-order valence-electron chi connectivity index (χ3n) is 7.35. The SMILES string of the molecule is CC(C)(C)c1cc(N=C(CNc2cc(C(C)(C)C)cc(C(C)(C)C)c2)Cc2ccccc2)cc(C(C)(C)C)c1. The van der Waals surface area contributed by atoms with E-state index < -0.39 is 0 Å². The van der Waals surface area contributed by atoms with Gasteiger partial charge in [-0.25, -0.2) is 0 Å². The minimum Gasteiger partial charge on any atom is -0.380 e. The number of aliphatic imine (C=N–C) groups is 1. The highest BCUT2D eigenvalue weighted by Crippen LogP contribution is 2.34. The topological polar surface area (TPSA) is 24.4 Å². The van der Waals surface area contributed by atoms with Crippen LogP contribution in [-0.4, -0.2) is 12.3 Å². The van der Waals surface area contributed by atoms with Gasteiger partial charge in [0.05, 0.1) is 12.2 Å². The van der Waals surface area contributed by atoms with Crippen molar-refractivity contribution in [2.75, 3.05) is 11.9 Å². The Morgan fingerprint density at radius 3 is 1.38 bits per heavy atom. The molecular weight excluding hydrogens is 472 g/mol. The lowest BCUT2D eigenvalue weighted by atomic mass is 9.80. The Bertz CT molecular complexity index is 1220. The van der Waals surface area contributed by atoms with Crippen molar-refractivity contribution in [2.45, 2.75) is 111 Å². The molecule has 0 radical (unpaired) electrons. The first kappa shape index (κ1) is 30.7. The van der Waals surface area contributed by atoms with E-state index in [1.54, 1.807) is 0 Å². The summed E-state index contributed by atoms with van der Waals surface area (Å²) >= 11 is 0. The number of benzene rings is 3. The van der Waals surface area contributed by atoms with Gasteiger partial charge < -0.3 is 5.32 Å². The summed E-state index contributed by atoms with van der Waals surface area (Å²) in [6.07, 6.45) is 0.809. The van der Waals surface area contributed by atoms with Crippen LogP contribution in [0.2, 0.25) is 0 Å². The largest absolute Gasteiger partial charge is 0.380 e. The van der Waals surface area contributed by atoms with E-state index in [-0.39, 0.29) is 21.7 Å². The molecule has 0 spiro atoms. The van der Waals surface area contributed by atoms with E-state index in [0.717, 1.165) is 23.5 Å². The molecule has 2 heteroatoms. The van der Waals surface area contributed by atoms with E-state index >= 15 is 0 Å². The van der Waals surface area contributed by atoms with Crippen LogP contribution in [0.15, 0.2) is 71.7 Å². The van der Waals surface area contributed by atoms with Gasteiger partial charge in [0.2, 0.25) is 0 Å². The normalized spacial score (nSPS) is 13.5. The number of nitrogens with zero attached hydrogens (tertiary/aromatic N) is 1. The van der Waals surface area contributed by atoms with E-state index in [1.165, 1.54) is 27.8 Å². The van der Waals surface area contributed by atoms with Crippen LogP contribution in [0.4, 0.5) is 11.4 Å². The highest BCUT2D eigenvalue weighted by atomic mass is 14.9. The zero-order chi connectivity index (χ0) is 29.2. The molecule has 210 valence electrons. The molecule has 3 aromatic carbocycles. The van der Waals surface area contributed by atoms with Crippen molar-refractivity contribution in [2.24, 2.45) is 4.99 Å². The smallest absolute Gasteiger partial charge is 0.0635 e. The van der Waals surface area contributed by atoms with Crippen LogP contribution in [0.5, 0.6) is 0 Å². The maximum Gasteiger partial charge on any atom is 0.0635 e. The maximum atomic E-state index is 5.31. The Morgan fingerprint density at radius 2 is 0.974 bits per heavy atom. The summed E-state index contributed by atoms with van der Waals surface area (Å²) in [5.74, 6) is 0. The van der Waals surface area contributed by atoms with E-state index in [4.69, 9.17) is 4.99 Å². The fourth-order valence-electron chi connectivity index (χ4n) is 4.50. The molecule has 0 aliphatic rings. The van der Waals surface area contributed by atoms with Crippen molar-refractivity contribution in [3.63, 3.8) is 0 Å². The molecule has 3 aromatic rings. The fourth-order valence-corrected chi connectivity index (χ4v) is 4.50. The van der Waals surface area contributed by atoms with Crippen LogP contribution in [0.25, 0.3) is 0 Å². The van der Waals surface area contributed by atoms with Crippen LogP contribution in [0.3, 0.4) is 0 Å². The van der Waals surface area contributed by atoms with Crippen molar-refractivity contribution in [3.8, 4) is 0 Å². The third-order valence-corrected chi connectivity index (χ3v) is 7.35. The van der Waals surface area contributed by atoms with E-state index in [2.05, 4.69) is 155 Å². The van der Waals surface area contributed by atoms with Crippen LogP contribution >= 0.6 is 0 Å². The number of hydrogen-bond donors (Lipinski definition) is 1. The summed E-state index contributed by atoms with van der Waals surface area (Å²) in [6.45, 7) is 28.1. The average Bonchev–Trinajstić information content (AvgIpc) is 2.80. The minimum atomic E-state index is 0.0557. The van der Waals surface area contributed by atoms with E-state index in [9.17, 15) is 0 Å². The van der Waals surface area contributed by atoms with Crippen molar-refractivity contribution >= 4 is 17.1 Å². The summed E-state index contributed by atoms with van der Waals surface area (Å²) in [5, 5.41) is 3.77. The second-order valence-corrected chi connectivity index (χ2v) is 15.3. The average molecular weight is 525 g/mol. The van der Waals surface area contributed by atoms with Gasteiger partial charge in [0.25, 0.3) is 0 Å². The van der Waals surface area contributed by atoms with Gasteiger partial charge in [0.15, 0.2) is 0 Å². The monoisotopic (exact) mass is 524 g/mol. The van der Waals surface area contributed by atoms with Gasteiger partial charge >= 0.3 is 0 Å². The molecule has 0 fully saturated rings. The summed E-state index contributed by atoms with van der Waals surface area (Å²) in [5.41, 5.74) is 10.2.